The third-order valence-electron chi connectivity index (χ3n) is 4.02. The molecular formula is C18H26N2O4. The number of amides is 2. The normalized spacial score (nSPS) is 18.8. The number of para-hydroxylation sites is 1. The molecule has 0 radical (unpaired) electrons. The van der Waals surface area contributed by atoms with E-state index in [0.29, 0.717) is 25.3 Å². The van der Waals surface area contributed by atoms with Crippen molar-refractivity contribution in [2.75, 3.05) is 31.6 Å². The van der Waals surface area contributed by atoms with E-state index in [1.807, 2.05) is 18.2 Å². The van der Waals surface area contributed by atoms with Gasteiger partial charge in [0.2, 0.25) is 0 Å². The zero-order valence-electron chi connectivity index (χ0n) is 14.5. The predicted molar refractivity (Wildman–Crippen MR) is 91.8 cm³/mol. The molecule has 1 atom stereocenters. The van der Waals surface area contributed by atoms with Crippen LogP contribution >= 0.6 is 0 Å². The Morgan fingerprint density at radius 2 is 2.04 bits per heavy atom. The molecule has 132 valence electrons. The van der Waals surface area contributed by atoms with Crippen LogP contribution in [-0.2, 0) is 19.7 Å². The molecule has 2 rings (SSSR count). The molecule has 2 amide bonds. The largest absolute Gasteiger partial charge is 0.394 e. The Hall–Kier alpha value is -1.92. The average molecular weight is 334 g/mol. The maximum Gasteiger partial charge on any atom is 0.313 e. The number of aliphatic hydroxyl groups is 1. The Morgan fingerprint density at radius 3 is 2.71 bits per heavy atom. The molecule has 24 heavy (non-hydrogen) atoms. The molecule has 1 heterocycles. The Labute approximate surface area is 142 Å². The number of anilines is 1. The van der Waals surface area contributed by atoms with Crippen molar-refractivity contribution in [3.05, 3.63) is 29.8 Å². The summed E-state index contributed by atoms with van der Waals surface area (Å²) in [5, 5.41) is 12.0. The van der Waals surface area contributed by atoms with E-state index in [2.05, 4.69) is 26.1 Å². The summed E-state index contributed by atoms with van der Waals surface area (Å²) in [7, 11) is 0. The lowest BCUT2D eigenvalue weighted by Crippen LogP contribution is -2.44. The number of rotatable bonds is 2. The summed E-state index contributed by atoms with van der Waals surface area (Å²) >= 11 is 0. The summed E-state index contributed by atoms with van der Waals surface area (Å²) in [6.45, 7) is 7.14. The minimum Gasteiger partial charge on any atom is -0.394 e. The lowest BCUT2D eigenvalue weighted by Gasteiger charge is -2.25. The van der Waals surface area contributed by atoms with Crippen LogP contribution in [0.15, 0.2) is 24.3 Å². The summed E-state index contributed by atoms with van der Waals surface area (Å²) < 4.78 is 5.42. The molecule has 0 aromatic heterocycles. The fraction of sp³-hybridized carbons (Fsp3) is 0.556. The number of hydrogen-bond donors (Lipinski definition) is 2. The summed E-state index contributed by atoms with van der Waals surface area (Å²) in [6.07, 6.45) is 0.208. The number of benzene rings is 1. The SMILES string of the molecule is CC(C)(C)c1ccccc1NC(=O)C(=O)N1CCCOC(CO)C1. The first-order valence-corrected chi connectivity index (χ1v) is 8.25. The minimum atomic E-state index is -0.662. The van der Waals surface area contributed by atoms with Gasteiger partial charge in [-0.2, -0.15) is 0 Å². The van der Waals surface area contributed by atoms with E-state index >= 15 is 0 Å². The second-order valence-electron chi connectivity index (χ2n) is 7.03. The van der Waals surface area contributed by atoms with Crippen molar-refractivity contribution >= 4 is 17.5 Å². The van der Waals surface area contributed by atoms with Crippen molar-refractivity contribution in [1.82, 2.24) is 4.90 Å². The topological polar surface area (TPSA) is 78.9 Å². The molecule has 0 spiro atoms. The smallest absolute Gasteiger partial charge is 0.313 e. The summed E-state index contributed by atoms with van der Waals surface area (Å²) in [4.78, 5) is 26.3. The molecule has 1 saturated heterocycles. The van der Waals surface area contributed by atoms with Gasteiger partial charge in [0.25, 0.3) is 0 Å². The molecule has 1 fully saturated rings. The zero-order valence-corrected chi connectivity index (χ0v) is 14.5. The molecule has 0 aliphatic carbocycles. The highest BCUT2D eigenvalue weighted by atomic mass is 16.5. The Balaban J connectivity index is 2.11. The number of aliphatic hydroxyl groups excluding tert-OH is 1. The Bertz CT molecular complexity index is 595. The Morgan fingerprint density at radius 1 is 1.33 bits per heavy atom. The van der Waals surface area contributed by atoms with E-state index in [4.69, 9.17) is 4.74 Å². The number of carbonyl (C=O) groups excluding carboxylic acids is 2. The standard InChI is InChI=1S/C18H26N2O4/c1-18(2,3)14-7-4-5-8-15(14)19-16(22)17(23)20-9-6-10-24-13(11-20)12-21/h4-5,7-8,13,21H,6,9-12H2,1-3H3,(H,19,22). The first-order valence-electron chi connectivity index (χ1n) is 8.25. The predicted octanol–water partition coefficient (Wildman–Crippen LogP) is 1.53. The number of hydrogen-bond acceptors (Lipinski definition) is 4. The molecule has 0 bridgehead atoms. The molecule has 1 aliphatic heterocycles. The van der Waals surface area contributed by atoms with Crippen molar-refractivity contribution in [2.45, 2.75) is 38.7 Å². The maximum atomic E-state index is 12.5. The van der Waals surface area contributed by atoms with Crippen molar-refractivity contribution < 1.29 is 19.4 Å². The maximum absolute atomic E-state index is 12.5. The van der Waals surface area contributed by atoms with E-state index in [0.717, 1.165) is 5.56 Å². The molecule has 0 saturated carbocycles. The first-order chi connectivity index (χ1) is 11.3. The zero-order chi connectivity index (χ0) is 17.7. The second-order valence-corrected chi connectivity index (χ2v) is 7.03. The summed E-state index contributed by atoms with van der Waals surface area (Å²) in [6, 6.07) is 7.49. The lowest BCUT2D eigenvalue weighted by molar-refractivity contribution is -0.143. The van der Waals surface area contributed by atoms with Crippen LogP contribution in [0.3, 0.4) is 0 Å². The van der Waals surface area contributed by atoms with Gasteiger partial charge in [-0.15, -0.1) is 0 Å². The molecular weight excluding hydrogens is 308 g/mol. The molecule has 1 aromatic carbocycles. The minimum absolute atomic E-state index is 0.147. The van der Waals surface area contributed by atoms with Gasteiger partial charge in [-0.25, -0.2) is 0 Å². The highest BCUT2D eigenvalue weighted by Crippen LogP contribution is 2.29. The van der Waals surface area contributed by atoms with E-state index in [9.17, 15) is 14.7 Å². The molecule has 1 aromatic rings. The monoisotopic (exact) mass is 334 g/mol. The van der Waals surface area contributed by atoms with E-state index < -0.39 is 17.9 Å². The van der Waals surface area contributed by atoms with Gasteiger partial charge in [0, 0.05) is 25.4 Å². The van der Waals surface area contributed by atoms with Crippen molar-refractivity contribution in [3.63, 3.8) is 0 Å². The summed E-state index contributed by atoms with van der Waals surface area (Å²) in [5.41, 5.74) is 1.47. The third-order valence-corrected chi connectivity index (χ3v) is 4.02. The summed E-state index contributed by atoms with van der Waals surface area (Å²) in [5.74, 6) is -1.26. The van der Waals surface area contributed by atoms with Crippen LogP contribution in [0.4, 0.5) is 5.69 Å². The van der Waals surface area contributed by atoms with Crippen LogP contribution in [0.2, 0.25) is 0 Å². The van der Waals surface area contributed by atoms with Crippen molar-refractivity contribution in [1.29, 1.82) is 0 Å². The van der Waals surface area contributed by atoms with Gasteiger partial charge in [-0.3, -0.25) is 9.59 Å². The van der Waals surface area contributed by atoms with Gasteiger partial charge in [0.15, 0.2) is 0 Å². The average Bonchev–Trinajstić information content (AvgIpc) is 2.79. The van der Waals surface area contributed by atoms with Gasteiger partial charge in [-0.1, -0.05) is 39.0 Å². The van der Waals surface area contributed by atoms with Gasteiger partial charge in [0.1, 0.15) is 0 Å². The highest BCUT2D eigenvalue weighted by molar-refractivity contribution is 6.39. The van der Waals surface area contributed by atoms with E-state index in [1.54, 1.807) is 6.07 Å². The van der Waals surface area contributed by atoms with Crippen LogP contribution in [0, 0.1) is 0 Å². The molecule has 1 aliphatic rings. The number of carbonyl (C=O) groups is 2. The van der Waals surface area contributed by atoms with E-state index in [1.165, 1.54) is 4.90 Å². The third kappa shape index (κ3) is 4.55. The van der Waals surface area contributed by atoms with Gasteiger partial charge in [0.05, 0.1) is 12.7 Å². The van der Waals surface area contributed by atoms with Crippen LogP contribution in [0.1, 0.15) is 32.8 Å². The molecule has 6 heteroatoms. The van der Waals surface area contributed by atoms with Gasteiger partial charge >= 0.3 is 11.8 Å². The van der Waals surface area contributed by atoms with Gasteiger partial charge in [-0.05, 0) is 23.5 Å². The number of nitrogens with one attached hydrogen (secondary N) is 1. The fourth-order valence-corrected chi connectivity index (χ4v) is 2.76. The van der Waals surface area contributed by atoms with Crippen molar-refractivity contribution in [2.24, 2.45) is 0 Å². The Kier molecular flexibility index (Phi) is 5.96. The molecule has 2 N–H and O–H groups in total. The highest BCUT2D eigenvalue weighted by Gasteiger charge is 2.28. The van der Waals surface area contributed by atoms with Gasteiger partial charge < -0.3 is 20.1 Å². The molecule has 1 unspecified atom stereocenters. The first kappa shape index (κ1) is 18.4. The van der Waals surface area contributed by atoms with Crippen LogP contribution in [-0.4, -0.2) is 54.2 Å². The number of ether oxygens (including phenoxy) is 1. The number of nitrogens with zero attached hydrogens (tertiary/aromatic N) is 1. The van der Waals surface area contributed by atoms with Crippen LogP contribution in [0.25, 0.3) is 0 Å². The van der Waals surface area contributed by atoms with Crippen LogP contribution in [0.5, 0.6) is 0 Å². The quantitative estimate of drug-likeness (QED) is 0.804. The fourth-order valence-electron chi connectivity index (χ4n) is 2.76. The van der Waals surface area contributed by atoms with Crippen LogP contribution < -0.4 is 5.32 Å². The van der Waals surface area contributed by atoms with E-state index in [-0.39, 0.29) is 18.6 Å². The lowest BCUT2D eigenvalue weighted by atomic mass is 9.86. The molecule has 6 nitrogen and oxygen atoms in total. The van der Waals surface area contributed by atoms with Crippen molar-refractivity contribution in [3.8, 4) is 0 Å². The second kappa shape index (κ2) is 7.77.